The van der Waals surface area contributed by atoms with Gasteiger partial charge in [0.05, 0.1) is 6.61 Å². The maximum atomic E-state index is 11.7. The minimum atomic E-state index is -2.05. The van der Waals surface area contributed by atoms with Gasteiger partial charge in [0.15, 0.2) is 0 Å². The maximum absolute atomic E-state index is 11.7. The van der Waals surface area contributed by atoms with Crippen molar-refractivity contribution in [3.8, 4) is 0 Å². The molecule has 7 N–H and O–H groups in total. The molecule has 0 radical (unpaired) electrons. The van der Waals surface area contributed by atoms with Gasteiger partial charge in [-0.05, 0) is 5.56 Å². The van der Waals surface area contributed by atoms with E-state index in [9.17, 15) is 30.3 Å². The molecule has 1 heterocycles. The molecule has 1 aliphatic heterocycles. The number of ether oxygens (including phenoxy) is 1. The predicted octanol–water partition coefficient (Wildman–Crippen LogP) is -1.72. The number of aliphatic hydroxyl groups is 4. The fraction of sp³-hybridized carbons (Fsp3) is 0.533. The van der Waals surface area contributed by atoms with E-state index >= 15 is 0 Å². The highest BCUT2D eigenvalue weighted by molar-refractivity contribution is 5.85. The third kappa shape index (κ3) is 3.86. The number of aliphatic carboxylic acids is 1. The van der Waals surface area contributed by atoms with Crippen molar-refractivity contribution in [3.63, 3.8) is 0 Å². The Morgan fingerprint density at radius 1 is 1.12 bits per heavy atom. The van der Waals surface area contributed by atoms with Crippen molar-refractivity contribution < 1.29 is 35.1 Å². The van der Waals surface area contributed by atoms with Crippen LogP contribution in [-0.2, 0) is 16.0 Å². The molecule has 8 nitrogen and oxygen atoms in total. The van der Waals surface area contributed by atoms with Gasteiger partial charge in [0.25, 0.3) is 0 Å². The van der Waals surface area contributed by atoms with Crippen LogP contribution >= 0.6 is 12.4 Å². The van der Waals surface area contributed by atoms with Crippen LogP contribution in [0, 0.1) is 0 Å². The Kier molecular flexibility index (Phi) is 7.11. The van der Waals surface area contributed by atoms with Crippen molar-refractivity contribution in [2.24, 2.45) is 5.73 Å². The summed E-state index contributed by atoms with van der Waals surface area (Å²) < 4.78 is 5.31. The van der Waals surface area contributed by atoms with E-state index in [4.69, 9.17) is 10.5 Å². The zero-order valence-electron chi connectivity index (χ0n) is 12.7. The molecule has 0 unspecified atom stereocenters. The zero-order chi connectivity index (χ0) is 17.2. The van der Waals surface area contributed by atoms with Crippen molar-refractivity contribution in [1.82, 2.24) is 0 Å². The standard InChI is InChI=1S/C15H21NO7.ClH/c16-15(14(21)22,6-8-4-2-1-3-5-8)13-12(20)11(19)10(18)9(7-17)23-13;/h1-5,9-13,17-20H,6-7,16H2,(H,21,22);1H/t9-,10-,11+,12+,13+,15+;/m1./s1. The minimum absolute atomic E-state index is 0. The molecule has 9 heteroatoms. The Bertz CT molecular complexity index is 544. The predicted molar refractivity (Wildman–Crippen MR) is 85.7 cm³/mol. The second-order valence-electron chi connectivity index (χ2n) is 5.76. The first-order chi connectivity index (χ1) is 10.8. The second kappa shape index (κ2) is 8.21. The number of carbonyl (C=O) groups is 1. The van der Waals surface area contributed by atoms with Crippen LogP contribution in [0.3, 0.4) is 0 Å². The van der Waals surface area contributed by atoms with E-state index in [1.54, 1.807) is 30.3 Å². The average Bonchev–Trinajstić information content (AvgIpc) is 2.53. The number of halogens is 1. The summed E-state index contributed by atoms with van der Waals surface area (Å²) in [6.07, 6.45) is -7.83. The minimum Gasteiger partial charge on any atom is -0.480 e. The van der Waals surface area contributed by atoms with Gasteiger partial charge >= 0.3 is 5.97 Å². The molecule has 24 heavy (non-hydrogen) atoms. The van der Waals surface area contributed by atoms with Crippen molar-refractivity contribution in [2.45, 2.75) is 42.5 Å². The first-order valence-electron chi connectivity index (χ1n) is 7.18. The number of nitrogens with two attached hydrogens (primary N) is 1. The van der Waals surface area contributed by atoms with E-state index in [-0.39, 0.29) is 18.8 Å². The van der Waals surface area contributed by atoms with Gasteiger partial charge in [0.1, 0.15) is 36.1 Å². The van der Waals surface area contributed by atoms with Crippen LogP contribution in [0.2, 0.25) is 0 Å². The summed E-state index contributed by atoms with van der Waals surface area (Å²) in [5.74, 6) is -1.43. The van der Waals surface area contributed by atoms with Gasteiger partial charge in [-0.15, -0.1) is 12.4 Å². The molecule has 0 amide bonds. The Hall–Kier alpha value is -1.26. The van der Waals surface area contributed by atoms with Crippen molar-refractivity contribution in [2.75, 3.05) is 6.61 Å². The molecule has 1 aromatic carbocycles. The number of aliphatic hydroxyl groups excluding tert-OH is 4. The van der Waals surface area contributed by atoms with Crippen molar-refractivity contribution >= 4 is 18.4 Å². The number of carboxylic acid groups (broad SMARTS) is 1. The average molecular weight is 364 g/mol. The maximum Gasteiger partial charge on any atom is 0.326 e. The Balaban J connectivity index is 0.00000288. The van der Waals surface area contributed by atoms with Gasteiger partial charge in [0.2, 0.25) is 0 Å². The molecule has 1 fully saturated rings. The van der Waals surface area contributed by atoms with Crippen molar-refractivity contribution in [1.29, 1.82) is 0 Å². The largest absolute Gasteiger partial charge is 0.480 e. The molecule has 1 aliphatic rings. The van der Waals surface area contributed by atoms with Crippen LogP contribution in [0.1, 0.15) is 5.56 Å². The van der Waals surface area contributed by atoms with Crippen molar-refractivity contribution in [3.05, 3.63) is 35.9 Å². The number of rotatable bonds is 5. The van der Waals surface area contributed by atoms with Crippen LogP contribution < -0.4 is 5.73 Å². The van der Waals surface area contributed by atoms with Crippen LogP contribution in [0.5, 0.6) is 0 Å². The monoisotopic (exact) mass is 363 g/mol. The summed E-state index contributed by atoms with van der Waals surface area (Å²) in [6, 6.07) is 8.54. The number of hydrogen-bond donors (Lipinski definition) is 6. The summed E-state index contributed by atoms with van der Waals surface area (Å²) in [5, 5.41) is 48.5. The van der Waals surface area contributed by atoms with E-state index in [1.165, 1.54) is 0 Å². The number of hydrogen-bond acceptors (Lipinski definition) is 7. The van der Waals surface area contributed by atoms with E-state index < -0.39 is 48.6 Å². The quantitative estimate of drug-likeness (QED) is 0.361. The highest BCUT2D eigenvalue weighted by Gasteiger charge is 2.54. The first-order valence-corrected chi connectivity index (χ1v) is 7.18. The molecule has 1 saturated heterocycles. The molecule has 2 rings (SSSR count). The molecule has 0 saturated carbocycles. The van der Waals surface area contributed by atoms with E-state index in [0.717, 1.165) is 0 Å². The van der Waals surface area contributed by atoms with Gasteiger partial charge in [0, 0.05) is 6.42 Å². The third-order valence-electron chi connectivity index (χ3n) is 4.14. The van der Waals surface area contributed by atoms with Gasteiger partial charge in [-0.3, -0.25) is 4.79 Å². The summed E-state index contributed by atoms with van der Waals surface area (Å²) in [5.41, 5.74) is 4.56. The molecule has 0 aromatic heterocycles. The molecule has 136 valence electrons. The fourth-order valence-corrected chi connectivity index (χ4v) is 2.76. The molecule has 1 aromatic rings. The SMILES string of the molecule is Cl.N[C@](Cc1ccccc1)(C(=O)O)[C@H]1O[C@H](CO)[C@@H](O)[C@H](O)[C@@H]1O. The van der Waals surface area contributed by atoms with E-state index in [0.29, 0.717) is 5.56 Å². The molecular formula is C15H22ClNO7. The lowest BCUT2D eigenvalue weighted by molar-refractivity contribution is -0.245. The number of carboxylic acids is 1. The van der Waals surface area contributed by atoms with Crippen LogP contribution in [0.4, 0.5) is 0 Å². The first kappa shape index (κ1) is 20.8. The summed E-state index contributed by atoms with van der Waals surface area (Å²) in [6.45, 7) is -0.650. The summed E-state index contributed by atoms with van der Waals surface area (Å²) >= 11 is 0. The molecule has 0 bridgehead atoms. The van der Waals surface area contributed by atoms with E-state index in [1.807, 2.05) is 0 Å². The third-order valence-corrected chi connectivity index (χ3v) is 4.14. The lowest BCUT2D eigenvalue weighted by Crippen LogP contribution is -2.71. The Morgan fingerprint density at radius 2 is 1.71 bits per heavy atom. The highest BCUT2D eigenvalue weighted by atomic mass is 35.5. The zero-order valence-corrected chi connectivity index (χ0v) is 13.5. The molecule has 0 aliphatic carbocycles. The highest BCUT2D eigenvalue weighted by Crippen LogP contribution is 2.29. The van der Waals surface area contributed by atoms with Gasteiger partial charge in [-0.2, -0.15) is 0 Å². The lowest BCUT2D eigenvalue weighted by Gasteiger charge is -2.45. The van der Waals surface area contributed by atoms with Gasteiger partial charge < -0.3 is 36.0 Å². The summed E-state index contributed by atoms with van der Waals surface area (Å²) in [4.78, 5) is 11.7. The Morgan fingerprint density at radius 3 is 2.21 bits per heavy atom. The second-order valence-corrected chi connectivity index (χ2v) is 5.76. The normalized spacial score (nSPS) is 32.5. The van der Waals surface area contributed by atoms with Crippen LogP contribution in [0.15, 0.2) is 30.3 Å². The molecule has 6 atom stereocenters. The number of benzene rings is 1. The van der Waals surface area contributed by atoms with E-state index in [2.05, 4.69) is 0 Å². The van der Waals surface area contributed by atoms with Gasteiger partial charge in [-0.1, -0.05) is 30.3 Å². The van der Waals surface area contributed by atoms with Crippen LogP contribution in [0.25, 0.3) is 0 Å². The fourth-order valence-electron chi connectivity index (χ4n) is 2.76. The lowest BCUT2D eigenvalue weighted by atomic mass is 9.79. The smallest absolute Gasteiger partial charge is 0.326 e. The van der Waals surface area contributed by atoms with Crippen LogP contribution in [-0.4, -0.2) is 74.2 Å². The topological polar surface area (TPSA) is 153 Å². The molecule has 0 spiro atoms. The molecular weight excluding hydrogens is 342 g/mol. The summed E-state index contributed by atoms with van der Waals surface area (Å²) in [7, 11) is 0. The Labute approximate surface area is 144 Å². The van der Waals surface area contributed by atoms with Gasteiger partial charge in [-0.25, -0.2) is 0 Å².